The van der Waals surface area contributed by atoms with E-state index in [2.05, 4.69) is 6.58 Å². The number of anilines is 1. The van der Waals surface area contributed by atoms with Crippen molar-refractivity contribution in [3.05, 3.63) is 123 Å². The molecule has 0 saturated heterocycles. The second kappa shape index (κ2) is 7.75. The Morgan fingerprint density at radius 1 is 1.03 bits per heavy atom. The molecular formula is C29H21FN2O4. The number of hydrogen-bond acceptors (Lipinski definition) is 4. The molecule has 7 heteroatoms. The third-order valence-corrected chi connectivity index (χ3v) is 6.93. The molecule has 3 aromatic carbocycles. The van der Waals surface area contributed by atoms with Crippen LogP contribution in [0.5, 0.6) is 0 Å². The molecule has 2 amide bonds. The predicted molar refractivity (Wildman–Crippen MR) is 133 cm³/mol. The Bertz CT molecular complexity index is 1670. The van der Waals surface area contributed by atoms with Gasteiger partial charge in [0.1, 0.15) is 11.4 Å². The first-order valence-corrected chi connectivity index (χ1v) is 11.5. The lowest BCUT2D eigenvalue weighted by Gasteiger charge is -2.33. The number of fused-ring (bicyclic) bond motifs is 5. The Morgan fingerprint density at radius 3 is 2.61 bits per heavy atom. The minimum atomic E-state index is -1.75. The molecule has 1 aromatic heterocycles. The third kappa shape index (κ3) is 2.80. The van der Waals surface area contributed by atoms with Crippen molar-refractivity contribution in [1.29, 1.82) is 0 Å². The van der Waals surface area contributed by atoms with E-state index in [0.717, 1.165) is 23.3 Å². The highest BCUT2D eigenvalue weighted by molar-refractivity contribution is 6.17. The van der Waals surface area contributed by atoms with Crippen molar-refractivity contribution in [3.63, 3.8) is 0 Å². The molecule has 2 aliphatic heterocycles. The normalized spacial score (nSPS) is 18.3. The number of carbonyl (C=O) groups is 2. The summed E-state index contributed by atoms with van der Waals surface area (Å²) in [5.74, 6) is -1.85. The Hall–Kier alpha value is -4.52. The van der Waals surface area contributed by atoms with Crippen molar-refractivity contribution in [2.24, 2.45) is 0 Å². The lowest BCUT2D eigenvalue weighted by molar-refractivity contribution is -0.126. The van der Waals surface area contributed by atoms with Gasteiger partial charge < -0.3 is 14.2 Å². The van der Waals surface area contributed by atoms with Crippen molar-refractivity contribution in [2.45, 2.75) is 19.0 Å². The van der Waals surface area contributed by atoms with Crippen molar-refractivity contribution in [3.8, 4) is 0 Å². The minimum absolute atomic E-state index is 0.00550. The number of benzene rings is 3. The van der Waals surface area contributed by atoms with E-state index in [-0.39, 0.29) is 35.4 Å². The number of nitrogens with zero attached hydrogens (tertiary/aromatic N) is 2. The van der Waals surface area contributed by atoms with Crippen LogP contribution in [0.3, 0.4) is 0 Å². The number of halogens is 1. The van der Waals surface area contributed by atoms with Gasteiger partial charge in [-0.15, -0.1) is 6.58 Å². The molecule has 36 heavy (non-hydrogen) atoms. The highest BCUT2D eigenvalue weighted by Crippen LogP contribution is 2.52. The van der Waals surface area contributed by atoms with Crippen molar-refractivity contribution < 1.29 is 18.4 Å². The lowest BCUT2D eigenvalue weighted by atomic mass is 9.84. The van der Waals surface area contributed by atoms with Crippen LogP contribution in [0.1, 0.15) is 32.8 Å². The zero-order valence-electron chi connectivity index (χ0n) is 19.5. The molecule has 0 N–H and O–H groups in total. The maximum atomic E-state index is 14.5. The summed E-state index contributed by atoms with van der Waals surface area (Å²) in [5, 5.41) is -0.0243. The second-order valence-electron chi connectivity index (χ2n) is 9.09. The van der Waals surface area contributed by atoms with Gasteiger partial charge in [0, 0.05) is 12.1 Å². The molecule has 0 aliphatic carbocycles. The molecular weight excluding hydrogens is 459 g/mol. The van der Waals surface area contributed by atoms with E-state index in [1.165, 1.54) is 17.0 Å². The van der Waals surface area contributed by atoms with E-state index in [9.17, 15) is 18.8 Å². The van der Waals surface area contributed by atoms with Gasteiger partial charge in [0.25, 0.3) is 11.8 Å². The largest absolute Gasteiger partial charge is 0.450 e. The van der Waals surface area contributed by atoms with Gasteiger partial charge in [-0.25, -0.2) is 4.39 Å². The Morgan fingerprint density at radius 2 is 1.83 bits per heavy atom. The fourth-order valence-corrected chi connectivity index (χ4v) is 5.49. The van der Waals surface area contributed by atoms with Crippen LogP contribution in [0, 0.1) is 12.7 Å². The molecule has 4 aromatic rings. The van der Waals surface area contributed by atoms with Crippen LogP contribution in [0.25, 0.3) is 11.0 Å². The minimum Gasteiger partial charge on any atom is -0.450 e. The van der Waals surface area contributed by atoms with Crippen LogP contribution in [0.4, 0.5) is 10.1 Å². The summed E-state index contributed by atoms with van der Waals surface area (Å²) in [6.45, 7) is 5.99. The topological polar surface area (TPSA) is 70.8 Å². The predicted octanol–water partition coefficient (Wildman–Crippen LogP) is 4.67. The summed E-state index contributed by atoms with van der Waals surface area (Å²) in [6.07, 6.45) is 1.51. The maximum Gasteiger partial charge on any atom is 0.291 e. The van der Waals surface area contributed by atoms with Gasteiger partial charge in [-0.05, 0) is 36.8 Å². The molecule has 0 saturated carbocycles. The number of rotatable bonds is 4. The first-order chi connectivity index (χ1) is 17.4. The number of para-hydroxylation sites is 1. The summed E-state index contributed by atoms with van der Waals surface area (Å²) < 4.78 is 20.0. The molecule has 1 spiro atoms. The molecule has 1 unspecified atom stereocenters. The van der Waals surface area contributed by atoms with Crippen LogP contribution in [-0.4, -0.2) is 23.3 Å². The Kier molecular flexibility index (Phi) is 4.73. The fraction of sp³-hybridized carbons (Fsp3) is 0.138. The van der Waals surface area contributed by atoms with Gasteiger partial charge in [-0.2, -0.15) is 0 Å². The number of aryl methyl sites for hydroxylation is 1. The quantitative estimate of drug-likeness (QED) is 0.398. The van der Waals surface area contributed by atoms with Crippen molar-refractivity contribution in [1.82, 2.24) is 4.90 Å². The molecule has 6 rings (SSSR count). The molecule has 0 fully saturated rings. The van der Waals surface area contributed by atoms with Crippen LogP contribution >= 0.6 is 0 Å². The first kappa shape index (κ1) is 22.0. The molecule has 0 radical (unpaired) electrons. The fourth-order valence-electron chi connectivity index (χ4n) is 5.49. The van der Waals surface area contributed by atoms with E-state index in [1.807, 2.05) is 37.3 Å². The van der Waals surface area contributed by atoms with Crippen LogP contribution < -0.4 is 10.3 Å². The number of carbonyl (C=O) groups excluding carboxylic acids is 2. The molecule has 2 aliphatic rings. The van der Waals surface area contributed by atoms with Crippen molar-refractivity contribution >= 4 is 28.5 Å². The summed E-state index contributed by atoms with van der Waals surface area (Å²) in [6, 6.07) is 18.5. The third-order valence-electron chi connectivity index (χ3n) is 6.93. The smallest absolute Gasteiger partial charge is 0.291 e. The van der Waals surface area contributed by atoms with E-state index >= 15 is 0 Å². The molecule has 0 bridgehead atoms. The standard InChI is InChI=1S/C29H21FN2O4/c1-3-13-32-27(34)26-24(25(33)20-15-19(30)11-12-23(20)36-26)29(32)21-9-4-5-10-22(21)31(28(29)35)16-18-8-6-7-17(2)14-18/h3-12,14-15H,1,13,16H2,2H3. The van der Waals surface area contributed by atoms with Gasteiger partial charge in [0.15, 0.2) is 11.0 Å². The zero-order valence-corrected chi connectivity index (χ0v) is 19.5. The summed E-state index contributed by atoms with van der Waals surface area (Å²) in [7, 11) is 0. The summed E-state index contributed by atoms with van der Waals surface area (Å²) >= 11 is 0. The van der Waals surface area contributed by atoms with E-state index in [0.29, 0.717) is 11.3 Å². The molecule has 6 nitrogen and oxygen atoms in total. The molecule has 178 valence electrons. The van der Waals surface area contributed by atoms with E-state index < -0.39 is 28.6 Å². The average Bonchev–Trinajstić information content (AvgIpc) is 3.25. The number of amides is 2. The highest BCUT2D eigenvalue weighted by Gasteiger charge is 2.64. The van der Waals surface area contributed by atoms with Crippen LogP contribution in [0.2, 0.25) is 0 Å². The summed E-state index contributed by atoms with van der Waals surface area (Å²) in [5.41, 5.74) is 0.690. The van der Waals surface area contributed by atoms with E-state index in [1.54, 1.807) is 23.1 Å². The summed E-state index contributed by atoms with van der Waals surface area (Å²) in [4.78, 5) is 45.0. The zero-order chi connectivity index (χ0) is 25.2. The second-order valence-corrected chi connectivity index (χ2v) is 9.09. The van der Waals surface area contributed by atoms with Gasteiger partial charge in [-0.1, -0.05) is 54.1 Å². The van der Waals surface area contributed by atoms with Crippen LogP contribution in [-0.2, 0) is 16.9 Å². The van der Waals surface area contributed by atoms with Gasteiger partial charge >= 0.3 is 0 Å². The monoisotopic (exact) mass is 480 g/mol. The Balaban J connectivity index is 1.66. The Labute approximate surface area is 205 Å². The van der Waals surface area contributed by atoms with E-state index in [4.69, 9.17) is 4.42 Å². The van der Waals surface area contributed by atoms with Crippen molar-refractivity contribution in [2.75, 3.05) is 11.4 Å². The maximum absolute atomic E-state index is 14.5. The molecule has 1 atom stereocenters. The lowest BCUT2D eigenvalue weighted by Crippen LogP contribution is -2.53. The van der Waals surface area contributed by atoms with Gasteiger partial charge in [-0.3, -0.25) is 14.4 Å². The van der Waals surface area contributed by atoms with Gasteiger partial charge in [0.2, 0.25) is 5.76 Å². The SMILES string of the molecule is C=CCN1C(=O)c2oc3ccc(F)cc3c(=O)c2C12C(=O)N(Cc1cccc(C)c1)c1ccccc12. The number of hydrogen-bond donors (Lipinski definition) is 0. The highest BCUT2D eigenvalue weighted by atomic mass is 19.1. The van der Waals surface area contributed by atoms with Crippen LogP contribution in [0.15, 0.2) is 88.6 Å². The first-order valence-electron chi connectivity index (χ1n) is 11.5. The van der Waals surface area contributed by atoms with Gasteiger partial charge in [0.05, 0.1) is 23.2 Å². The molecule has 3 heterocycles. The average molecular weight is 480 g/mol.